The monoisotopic (exact) mass is 352 g/mol. The Morgan fingerprint density at radius 3 is 2.00 bits per heavy atom. The lowest BCUT2D eigenvalue weighted by Crippen LogP contribution is -1.92. The highest BCUT2D eigenvalue weighted by atomic mass is 79.9. The highest BCUT2D eigenvalue weighted by molar-refractivity contribution is 9.10. The lowest BCUT2D eigenvalue weighted by molar-refractivity contribution is 0.412. The molecule has 0 fully saturated rings. The van der Waals surface area contributed by atoms with Gasteiger partial charge in [-0.25, -0.2) is 0 Å². The maximum Gasteiger partial charge on any atom is 0.135 e. The molecule has 0 bridgehead atoms. The van der Waals surface area contributed by atoms with Gasteiger partial charge in [0.05, 0.1) is 18.7 Å². The number of benzene rings is 2. The molecule has 114 valence electrons. The van der Waals surface area contributed by atoms with Crippen LogP contribution in [0.1, 0.15) is 11.1 Å². The molecule has 0 amide bonds. The maximum absolute atomic E-state index is 5.66. The number of hydrogen-bond acceptors (Lipinski definition) is 4. The molecular weight excluding hydrogens is 332 g/mol. The minimum Gasteiger partial charge on any atom is -0.497 e. The van der Waals surface area contributed by atoms with Crippen LogP contribution in [-0.2, 0) is 0 Å². The SMILES string of the molecule is COc1cc(N)c(C)cc1Br.COc1ccc(C)c(N)c1. The number of nitrogen functional groups attached to an aromatic ring is 2. The number of rotatable bonds is 2. The minimum absolute atomic E-state index is 0.755. The van der Waals surface area contributed by atoms with E-state index in [9.17, 15) is 0 Å². The van der Waals surface area contributed by atoms with Gasteiger partial charge in [0.15, 0.2) is 0 Å². The summed E-state index contributed by atoms with van der Waals surface area (Å²) >= 11 is 3.36. The van der Waals surface area contributed by atoms with Crippen molar-refractivity contribution in [3.63, 3.8) is 0 Å². The summed E-state index contributed by atoms with van der Waals surface area (Å²) in [5.41, 5.74) is 14.9. The number of halogens is 1. The van der Waals surface area contributed by atoms with E-state index in [0.717, 1.165) is 38.5 Å². The molecule has 21 heavy (non-hydrogen) atoms. The van der Waals surface area contributed by atoms with Gasteiger partial charge in [-0.05, 0) is 53.0 Å². The van der Waals surface area contributed by atoms with Crippen LogP contribution in [0.5, 0.6) is 11.5 Å². The molecule has 0 saturated heterocycles. The summed E-state index contributed by atoms with van der Waals surface area (Å²) in [6.07, 6.45) is 0. The normalized spacial score (nSPS) is 9.57. The quantitative estimate of drug-likeness (QED) is 0.803. The van der Waals surface area contributed by atoms with Gasteiger partial charge in [0, 0.05) is 23.5 Å². The molecule has 5 heteroatoms. The Kier molecular flexibility index (Phi) is 6.37. The molecular formula is C16H21BrN2O2. The van der Waals surface area contributed by atoms with E-state index in [-0.39, 0.29) is 0 Å². The Labute approximate surface area is 134 Å². The van der Waals surface area contributed by atoms with E-state index in [1.165, 1.54) is 0 Å². The molecule has 0 saturated carbocycles. The fraction of sp³-hybridized carbons (Fsp3) is 0.250. The third-order valence-electron chi connectivity index (χ3n) is 3.03. The predicted octanol–water partition coefficient (Wildman–Crippen LogP) is 3.93. The van der Waals surface area contributed by atoms with Crippen molar-refractivity contribution in [1.29, 1.82) is 0 Å². The van der Waals surface area contributed by atoms with Crippen molar-refractivity contribution in [2.75, 3.05) is 25.7 Å². The van der Waals surface area contributed by atoms with Gasteiger partial charge < -0.3 is 20.9 Å². The first-order valence-electron chi connectivity index (χ1n) is 6.38. The topological polar surface area (TPSA) is 70.5 Å². The Hall–Kier alpha value is -1.88. The first-order valence-corrected chi connectivity index (χ1v) is 7.18. The fourth-order valence-corrected chi connectivity index (χ4v) is 2.19. The number of ether oxygens (including phenoxy) is 2. The number of nitrogens with two attached hydrogens (primary N) is 2. The van der Waals surface area contributed by atoms with Gasteiger partial charge >= 0.3 is 0 Å². The third-order valence-corrected chi connectivity index (χ3v) is 3.65. The fourth-order valence-electron chi connectivity index (χ4n) is 1.57. The summed E-state index contributed by atoms with van der Waals surface area (Å²) in [6, 6.07) is 9.39. The largest absolute Gasteiger partial charge is 0.497 e. The Morgan fingerprint density at radius 2 is 1.48 bits per heavy atom. The van der Waals surface area contributed by atoms with Crippen LogP contribution in [0, 0.1) is 13.8 Å². The highest BCUT2D eigenvalue weighted by Gasteiger charge is 2.02. The van der Waals surface area contributed by atoms with Crippen molar-refractivity contribution >= 4 is 27.3 Å². The van der Waals surface area contributed by atoms with Crippen LogP contribution in [0.15, 0.2) is 34.8 Å². The molecule has 0 radical (unpaired) electrons. The average Bonchev–Trinajstić information content (AvgIpc) is 2.46. The van der Waals surface area contributed by atoms with Gasteiger partial charge in [0.1, 0.15) is 11.5 Å². The first-order chi connectivity index (χ1) is 9.88. The van der Waals surface area contributed by atoms with Crippen molar-refractivity contribution in [1.82, 2.24) is 0 Å². The van der Waals surface area contributed by atoms with E-state index in [2.05, 4.69) is 15.9 Å². The van der Waals surface area contributed by atoms with Crippen molar-refractivity contribution in [2.45, 2.75) is 13.8 Å². The van der Waals surface area contributed by atoms with Crippen LogP contribution in [0.25, 0.3) is 0 Å². The van der Waals surface area contributed by atoms with Crippen molar-refractivity contribution < 1.29 is 9.47 Å². The number of aryl methyl sites for hydroxylation is 2. The molecule has 0 aliphatic rings. The van der Waals surface area contributed by atoms with E-state index >= 15 is 0 Å². The molecule has 2 aromatic rings. The minimum atomic E-state index is 0.755. The van der Waals surface area contributed by atoms with E-state index in [0.29, 0.717) is 0 Å². The van der Waals surface area contributed by atoms with Gasteiger partial charge in [0.25, 0.3) is 0 Å². The standard InChI is InChI=1S/C8H10BrNO.C8H11NO/c1-5-3-6(9)8(11-2)4-7(5)10;1-6-3-4-7(10-2)5-8(6)9/h3-4H,10H2,1-2H3;3-5H,9H2,1-2H3. The molecule has 0 atom stereocenters. The molecule has 0 aromatic heterocycles. The summed E-state index contributed by atoms with van der Waals surface area (Å²) in [7, 11) is 3.25. The summed E-state index contributed by atoms with van der Waals surface area (Å²) in [4.78, 5) is 0. The lowest BCUT2D eigenvalue weighted by atomic mass is 10.2. The molecule has 0 aliphatic carbocycles. The van der Waals surface area contributed by atoms with Gasteiger partial charge in [-0.15, -0.1) is 0 Å². The van der Waals surface area contributed by atoms with Gasteiger partial charge in [0.2, 0.25) is 0 Å². The van der Waals surface area contributed by atoms with Crippen LogP contribution < -0.4 is 20.9 Å². The zero-order valence-electron chi connectivity index (χ0n) is 12.7. The molecule has 0 spiro atoms. The van der Waals surface area contributed by atoms with E-state index in [1.807, 2.05) is 38.1 Å². The van der Waals surface area contributed by atoms with E-state index in [1.54, 1.807) is 20.3 Å². The van der Waals surface area contributed by atoms with Gasteiger partial charge in [-0.2, -0.15) is 0 Å². The molecule has 4 N–H and O–H groups in total. The summed E-state index contributed by atoms with van der Waals surface area (Å²) in [5.74, 6) is 1.58. The van der Waals surface area contributed by atoms with Crippen LogP contribution >= 0.6 is 15.9 Å². The Balaban J connectivity index is 0.000000211. The smallest absolute Gasteiger partial charge is 0.135 e. The van der Waals surface area contributed by atoms with Gasteiger partial charge in [-0.3, -0.25) is 0 Å². The summed E-state index contributed by atoms with van der Waals surface area (Å²) in [5, 5.41) is 0. The second-order valence-electron chi connectivity index (χ2n) is 4.57. The molecule has 0 aliphatic heterocycles. The number of anilines is 2. The number of methoxy groups -OCH3 is 2. The predicted molar refractivity (Wildman–Crippen MR) is 92.0 cm³/mol. The Morgan fingerprint density at radius 1 is 0.857 bits per heavy atom. The van der Waals surface area contributed by atoms with E-state index < -0.39 is 0 Å². The van der Waals surface area contributed by atoms with E-state index in [4.69, 9.17) is 20.9 Å². The molecule has 4 nitrogen and oxygen atoms in total. The van der Waals surface area contributed by atoms with Crippen LogP contribution in [0.2, 0.25) is 0 Å². The van der Waals surface area contributed by atoms with Crippen LogP contribution in [0.3, 0.4) is 0 Å². The summed E-state index contributed by atoms with van der Waals surface area (Å²) < 4.78 is 11.0. The second kappa shape index (κ2) is 7.78. The zero-order chi connectivity index (χ0) is 16.0. The van der Waals surface area contributed by atoms with Crippen molar-refractivity contribution in [3.8, 4) is 11.5 Å². The molecule has 0 unspecified atom stereocenters. The summed E-state index contributed by atoms with van der Waals surface area (Å²) in [6.45, 7) is 3.92. The van der Waals surface area contributed by atoms with Gasteiger partial charge in [-0.1, -0.05) is 6.07 Å². The van der Waals surface area contributed by atoms with Crippen molar-refractivity contribution in [2.24, 2.45) is 0 Å². The molecule has 0 heterocycles. The zero-order valence-corrected chi connectivity index (χ0v) is 14.3. The third kappa shape index (κ3) is 4.86. The number of hydrogen-bond donors (Lipinski definition) is 2. The Bertz CT molecular complexity index is 615. The highest BCUT2D eigenvalue weighted by Crippen LogP contribution is 2.29. The second-order valence-corrected chi connectivity index (χ2v) is 5.42. The van der Waals surface area contributed by atoms with Crippen molar-refractivity contribution in [3.05, 3.63) is 45.9 Å². The molecule has 2 aromatic carbocycles. The average molecular weight is 353 g/mol. The van der Waals surface area contributed by atoms with Crippen LogP contribution in [0.4, 0.5) is 11.4 Å². The van der Waals surface area contributed by atoms with Crippen LogP contribution in [-0.4, -0.2) is 14.2 Å². The first kappa shape index (κ1) is 17.2. The molecule has 2 rings (SSSR count). The maximum atomic E-state index is 5.66. The lowest BCUT2D eigenvalue weighted by Gasteiger charge is -2.06.